The number of carbonyl (C=O) groups is 2. The molecule has 2 N–H and O–H groups in total. The molecule has 4 nitrogen and oxygen atoms in total. The Hall–Kier alpha value is -3.61. The van der Waals surface area contributed by atoms with Crippen molar-refractivity contribution in [1.82, 2.24) is 0 Å². The Kier molecular flexibility index (Phi) is 5.97. The highest BCUT2D eigenvalue weighted by molar-refractivity contribution is 6.09. The van der Waals surface area contributed by atoms with Crippen molar-refractivity contribution >= 4 is 23.2 Å². The highest BCUT2D eigenvalue weighted by Gasteiger charge is 2.17. The van der Waals surface area contributed by atoms with E-state index in [4.69, 9.17) is 0 Å². The van der Waals surface area contributed by atoms with Crippen LogP contribution in [-0.4, -0.2) is 11.8 Å². The summed E-state index contributed by atoms with van der Waals surface area (Å²) >= 11 is 0. The first-order valence-corrected chi connectivity index (χ1v) is 8.85. The van der Waals surface area contributed by atoms with Crippen LogP contribution < -0.4 is 10.6 Å². The van der Waals surface area contributed by atoms with E-state index in [-0.39, 0.29) is 11.1 Å². The minimum absolute atomic E-state index is 0.0607. The minimum atomic E-state index is -1.68. The van der Waals surface area contributed by atoms with Crippen LogP contribution in [-0.2, 0) is 6.42 Å². The van der Waals surface area contributed by atoms with Crippen molar-refractivity contribution in [3.63, 3.8) is 0 Å². The molecule has 2 amide bonds. The lowest BCUT2D eigenvalue weighted by atomic mass is 10.1. The molecule has 0 unspecified atom stereocenters. The number of para-hydroxylation sites is 1. The second-order valence-electron chi connectivity index (χ2n) is 6.22. The van der Waals surface area contributed by atoms with E-state index in [1.165, 1.54) is 24.3 Å². The summed E-state index contributed by atoms with van der Waals surface area (Å²) in [4.78, 5) is 24.9. The quantitative estimate of drug-likeness (QED) is 0.583. The molecule has 0 bridgehead atoms. The molecule has 0 aliphatic heterocycles. The van der Waals surface area contributed by atoms with Crippen molar-refractivity contribution in [3.8, 4) is 0 Å². The van der Waals surface area contributed by atoms with Gasteiger partial charge in [0, 0.05) is 16.8 Å². The number of hydrogen-bond donors (Lipinski definition) is 2. The maximum Gasteiger partial charge on any atom is 0.255 e. The van der Waals surface area contributed by atoms with E-state index in [9.17, 15) is 22.8 Å². The fourth-order valence-electron chi connectivity index (χ4n) is 2.76. The molecule has 0 aliphatic carbocycles. The third-order valence-electron chi connectivity index (χ3n) is 4.32. The summed E-state index contributed by atoms with van der Waals surface area (Å²) < 4.78 is 40.1. The number of carbonyl (C=O) groups excluding carboxylic acids is 2. The molecule has 0 spiro atoms. The smallest absolute Gasteiger partial charge is 0.255 e. The van der Waals surface area contributed by atoms with Crippen molar-refractivity contribution in [2.75, 3.05) is 10.6 Å². The van der Waals surface area contributed by atoms with Gasteiger partial charge in [0.05, 0.1) is 5.69 Å². The SMILES string of the molecule is CCc1ccccc1NC(=O)c1cccc(C(=O)Nc2ccc(F)c(F)c2F)c1. The monoisotopic (exact) mass is 398 g/mol. The number of rotatable bonds is 5. The van der Waals surface area contributed by atoms with Gasteiger partial charge in [-0.15, -0.1) is 0 Å². The van der Waals surface area contributed by atoms with Gasteiger partial charge < -0.3 is 10.6 Å². The van der Waals surface area contributed by atoms with Crippen LogP contribution in [0.5, 0.6) is 0 Å². The molecule has 148 valence electrons. The van der Waals surface area contributed by atoms with Crippen molar-refractivity contribution in [3.05, 3.63) is 94.8 Å². The lowest BCUT2D eigenvalue weighted by Crippen LogP contribution is -2.17. The van der Waals surface area contributed by atoms with Crippen LogP contribution in [0.4, 0.5) is 24.5 Å². The number of benzene rings is 3. The molecule has 0 saturated carbocycles. The van der Waals surface area contributed by atoms with Gasteiger partial charge in [0.2, 0.25) is 0 Å². The summed E-state index contributed by atoms with van der Waals surface area (Å²) in [5, 5.41) is 4.97. The van der Waals surface area contributed by atoms with Gasteiger partial charge in [-0.2, -0.15) is 0 Å². The molecule has 0 atom stereocenters. The van der Waals surface area contributed by atoms with Gasteiger partial charge in [-0.05, 0) is 48.4 Å². The molecule has 3 aromatic carbocycles. The standard InChI is InChI=1S/C22H17F3N2O2/c1-2-13-6-3-4-9-17(13)26-21(28)14-7-5-8-15(12-14)22(29)27-18-11-10-16(23)19(24)20(18)25/h3-12H,2H2,1H3,(H,26,28)(H,27,29). The lowest BCUT2D eigenvalue weighted by molar-refractivity contribution is 0.102. The van der Waals surface area contributed by atoms with Crippen LogP contribution in [0.15, 0.2) is 60.7 Å². The molecule has 0 heterocycles. The molecule has 0 fully saturated rings. The van der Waals surface area contributed by atoms with E-state index >= 15 is 0 Å². The Morgan fingerprint density at radius 2 is 1.38 bits per heavy atom. The van der Waals surface area contributed by atoms with E-state index in [1.807, 2.05) is 19.1 Å². The molecule has 7 heteroatoms. The lowest BCUT2D eigenvalue weighted by Gasteiger charge is -2.11. The first-order chi connectivity index (χ1) is 13.9. The summed E-state index contributed by atoms with van der Waals surface area (Å²) in [6, 6.07) is 14.8. The van der Waals surface area contributed by atoms with Gasteiger partial charge in [-0.25, -0.2) is 13.2 Å². The van der Waals surface area contributed by atoms with Gasteiger partial charge in [0.25, 0.3) is 11.8 Å². The zero-order chi connectivity index (χ0) is 21.0. The van der Waals surface area contributed by atoms with Crippen LogP contribution in [0.1, 0.15) is 33.2 Å². The molecule has 29 heavy (non-hydrogen) atoms. The summed E-state index contributed by atoms with van der Waals surface area (Å²) in [7, 11) is 0. The van der Waals surface area contributed by atoms with Crippen LogP contribution in [0, 0.1) is 17.5 Å². The van der Waals surface area contributed by atoms with Crippen LogP contribution >= 0.6 is 0 Å². The molecule has 3 rings (SSSR count). The molecular weight excluding hydrogens is 381 g/mol. The van der Waals surface area contributed by atoms with Crippen molar-refractivity contribution in [2.24, 2.45) is 0 Å². The highest BCUT2D eigenvalue weighted by atomic mass is 19.2. The van der Waals surface area contributed by atoms with Gasteiger partial charge >= 0.3 is 0 Å². The fourth-order valence-corrected chi connectivity index (χ4v) is 2.76. The van der Waals surface area contributed by atoms with Crippen molar-refractivity contribution in [1.29, 1.82) is 0 Å². The van der Waals surface area contributed by atoms with Crippen LogP contribution in [0.2, 0.25) is 0 Å². The van der Waals surface area contributed by atoms with E-state index in [1.54, 1.807) is 12.1 Å². The maximum absolute atomic E-state index is 13.8. The second kappa shape index (κ2) is 8.60. The van der Waals surface area contributed by atoms with Gasteiger partial charge in [-0.1, -0.05) is 31.2 Å². The Morgan fingerprint density at radius 3 is 2.03 bits per heavy atom. The zero-order valence-electron chi connectivity index (χ0n) is 15.4. The normalized spacial score (nSPS) is 10.5. The van der Waals surface area contributed by atoms with Crippen LogP contribution in [0.3, 0.4) is 0 Å². The largest absolute Gasteiger partial charge is 0.322 e. The van der Waals surface area contributed by atoms with E-state index in [0.29, 0.717) is 11.8 Å². The zero-order valence-corrected chi connectivity index (χ0v) is 15.4. The van der Waals surface area contributed by atoms with E-state index < -0.39 is 35.0 Å². The summed E-state index contributed by atoms with van der Waals surface area (Å²) in [5.41, 5.74) is 1.41. The van der Waals surface area contributed by atoms with Crippen molar-refractivity contribution in [2.45, 2.75) is 13.3 Å². The Labute approximate surface area is 165 Å². The molecule has 0 saturated heterocycles. The number of halogens is 3. The third kappa shape index (κ3) is 4.45. The molecular formula is C22H17F3N2O2. The minimum Gasteiger partial charge on any atom is -0.322 e. The number of nitrogens with one attached hydrogen (secondary N) is 2. The van der Waals surface area contributed by atoms with Gasteiger partial charge in [-0.3, -0.25) is 9.59 Å². The first-order valence-electron chi connectivity index (χ1n) is 8.85. The number of aryl methyl sites for hydroxylation is 1. The van der Waals surface area contributed by atoms with E-state index in [0.717, 1.165) is 18.1 Å². The number of anilines is 2. The number of hydrogen-bond acceptors (Lipinski definition) is 2. The first kappa shape index (κ1) is 20.1. The summed E-state index contributed by atoms with van der Waals surface area (Å²) in [6.07, 6.45) is 0.735. The highest BCUT2D eigenvalue weighted by Crippen LogP contribution is 2.21. The third-order valence-corrected chi connectivity index (χ3v) is 4.32. The molecule has 0 radical (unpaired) electrons. The van der Waals surface area contributed by atoms with Crippen LogP contribution in [0.25, 0.3) is 0 Å². The van der Waals surface area contributed by atoms with Crippen molar-refractivity contribution < 1.29 is 22.8 Å². The molecule has 0 aliphatic rings. The Morgan fingerprint density at radius 1 is 0.759 bits per heavy atom. The Bertz CT molecular complexity index is 1080. The average molecular weight is 398 g/mol. The Balaban J connectivity index is 1.79. The second-order valence-corrected chi connectivity index (χ2v) is 6.22. The van der Waals surface area contributed by atoms with Gasteiger partial charge in [0.1, 0.15) is 0 Å². The molecule has 0 aromatic heterocycles. The predicted molar refractivity (Wildman–Crippen MR) is 104 cm³/mol. The maximum atomic E-state index is 13.8. The summed E-state index contributed by atoms with van der Waals surface area (Å²) in [5.74, 6) is -5.71. The number of amides is 2. The predicted octanol–water partition coefficient (Wildman–Crippen LogP) is 5.17. The average Bonchev–Trinajstić information content (AvgIpc) is 2.74. The summed E-state index contributed by atoms with van der Waals surface area (Å²) in [6.45, 7) is 1.97. The fraction of sp³-hybridized carbons (Fsp3) is 0.0909. The topological polar surface area (TPSA) is 58.2 Å². The van der Waals surface area contributed by atoms with E-state index in [2.05, 4.69) is 10.6 Å². The molecule has 3 aromatic rings. The van der Waals surface area contributed by atoms with Gasteiger partial charge in [0.15, 0.2) is 17.5 Å².